The fourth-order valence-corrected chi connectivity index (χ4v) is 4.41. The monoisotopic (exact) mass is 384 g/mol. The molecule has 1 heterocycles. The third kappa shape index (κ3) is 4.10. The Labute approximate surface area is 173 Å². The second kappa shape index (κ2) is 9.06. The summed E-state index contributed by atoms with van der Waals surface area (Å²) in [5.74, 6) is 0.188. The number of rotatable bonds is 5. The number of carbonyl (C=O) groups is 1. The minimum atomic E-state index is -0.237. The van der Waals surface area contributed by atoms with Crippen LogP contribution in [0.3, 0.4) is 0 Å². The molecule has 0 radical (unpaired) electrons. The van der Waals surface area contributed by atoms with Crippen molar-refractivity contribution in [2.45, 2.75) is 25.4 Å². The number of amides is 1. The zero-order chi connectivity index (χ0) is 20.1. The number of hydrogen-bond donors (Lipinski definition) is 0. The highest BCUT2D eigenvalue weighted by molar-refractivity contribution is 5.84. The quantitative estimate of drug-likeness (QED) is 0.613. The summed E-state index contributed by atoms with van der Waals surface area (Å²) in [4.78, 5) is 18.4. The Bertz CT molecular complexity index is 872. The highest BCUT2D eigenvalue weighted by atomic mass is 16.2. The van der Waals surface area contributed by atoms with Gasteiger partial charge in [0, 0.05) is 13.1 Å². The number of hydrogen-bond acceptors (Lipinski definition) is 2. The molecule has 3 aromatic rings. The summed E-state index contributed by atoms with van der Waals surface area (Å²) < 4.78 is 0. The Hall–Kier alpha value is -2.91. The molecule has 1 unspecified atom stereocenters. The summed E-state index contributed by atoms with van der Waals surface area (Å²) in [6, 6.07) is 30.7. The van der Waals surface area contributed by atoms with Gasteiger partial charge in [0.15, 0.2) is 0 Å². The minimum absolute atomic E-state index is 0.0760. The molecule has 3 aromatic carbocycles. The van der Waals surface area contributed by atoms with Crippen molar-refractivity contribution in [3.8, 4) is 0 Å². The van der Waals surface area contributed by atoms with Crippen molar-refractivity contribution >= 4 is 5.91 Å². The summed E-state index contributed by atoms with van der Waals surface area (Å²) >= 11 is 0. The average molecular weight is 385 g/mol. The van der Waals surface area contributed by atoms with Gasteiger partial charge in [0.1, 0.15) is 6.04 Å². The molecule has 0 aliphatic carbocycles. The van der Waals surface area contributed by atoms with E-state index in [4.69, 9.17) is 0 Å². The van der Waals surface area contributed by atoms with Crippen LogP contribution < -0.4 is 0 Å². The number of carbonyl (C=O) groups excluding carboxylic acids is 1. The smallest absolute Gasteiger partial charge is 0.245 e. The van der Waals surface area contributed by atoms with E-state index in [1.807, 2.05) is 30.3 Å². The van der Waals surface area contributed by atoms with Gasteiger partial charge in [-0.25, -0.2) is 0 Å². The summed E-state index contributed by atoms with van der Waals surface area (Å²) in [6.45, 7) is 4.69. The van der Waals surface area contributed by atoms with Gasteiger partial charge in [-0.2, -0.15) is 0 Å². The molecule has 148 valence electrons. The number of benzene rings is 3. The van der Waals surface area contributed by atoms with Crippen molar-refractivity contribution in [2.75, 3.05) is 19.6 Å². The molecule has 0 spiro atoms. The Morgan fingerprint density at radius 2 is 1.31 bits per heavy atom. The van der Waals surface area contributed by atoms with Crippen LogP contribution >= 0.6 is 0 Å². The zero-order valence-corrected chi connectivity index (χ0v) is 16.9. The Morgan fingerprint density at radius 3 is 1.83 bits per heavy atom. The van der Waals surface area contributed by atoms with E-state index in [0.29, 0.717) is 0 Å². The SMILES string of the molecule is CCN1CCCN(C(c2ccccc2)c2ccccc2)C(=O)C1c1ccccc1. The normalized spacial score (nSPS) is 18.1. The maximum Gasteiger partial charge on any atom is 0.245 e. The Balaban J connectivity index is 1.79. The van der Waals surface area contributed by atoms with Crippen molar-refractivity contribution in [2.24, 2.45) is 0 Å². The fourth-order valence-electron chi connectivity index (χ4n) is 4.41. The van der Waals surface area contributed by atoms with E-state index >= 15 is 0 Å². The largest absolute Gasteiger partial charge is 0.330 e. The highest BCUT2D eigenvalue weighted by Crippen LogP contribution is 2.35. The molecule has 0 saturated carbocycles. The lowest BCUT2D eigenvalue weighted by atomic mass is 9.95. The summed E-state index contributed by atoms with van der Waals surface area (Å²) in [6.07, 6.45) is 0.971. The Morgan fingerprint density at radius 1 is 0.793 bits per heavy atom. The summed E-state index contributed by atoms with van der Waals surface area (Å²) in [7, 11) is 0. The van der Waals surface area contributed by atoms with Crippen LogP contribution in [0.25, 0.3) is 0 Å². The van der Waals surface area contributed by atoms with Gasteiger partial charge in [0.2, 0.25) is 5.91 Å². The van der Waals surface area contributed by atoms with E-state index in [9.17, 15) is 4.79 Å². The van der Waals surface area contributed by atoms with E-state index in [2.05, 4.69) is 77.4 Å². The van der Waals surface area contributed by atoms with Crippen LogP contribution in [0.15, 0.2) is 91.0 Å². The maximum absolute atomic E-state index is 14.0. The first kappa shape index (κ1) is 19.4. The average Bonchev–Trinajstić information content (AvgIpc) is 2.95. The molecule has 29 heavy (non-hydrogen) atoms. The topological polar surface area (TPSA) is 23.6 Å². The second-order valence-electron chi connectivity index (χ2n) is 7.55. The first-order chi connectivity index (χ1) is 14.3. The standard InChI is InChI=1S/C26H28N2O/c1-2-27-19-12-20-28(26(29)25(27)23-17-10-5-11-18-23)24(21-13-6-3-7-14-21)22-15-8-4-9-16-22/h3-11,13-18,24-25H,2,12,19-20H2,1H3. The van der Waals surface area contributed by atoms with Crippen LogP contribution in [0.4, 0.5) is 0 Å². The van der Waals surface area contributed by atoms with Crippen molar-refractivity contribution in [1.82, 2.24) is 9.80 Å². The number of nitrogens with zero attached hydrogens (tertiary/aromatic N) is 2. The minimum Gasteiger partial charge on any atom is -0.330 e. The predicted octanol–water partition coefficient (Wildman–Crippen LogP) is 5.07. The first-order valence-corrected chi connectivity index (χ1v) is 10.5. The van der Waals surface area contributed by atoms with Crippen LogP contribution in [-0.2, 0) is 4.79 Å². The third-order valence-electron chi connectivity index (χ3n) is 5.79. The van der Waals surface area contributed by atoms with Gasteiger partial charge in [-0.15, -0.1) is 0 Å². The highest BCUT2D eigenvalue weighted by Gasteiger charge is 2.37. The second-order valence-corrected chi connectivity index (χ2v) is 7.55. The molecule has 3 nitrogen and oxygen atoms in total. The van der Waals surface area contributed by atoms with Crippen molar-refractivity contribution < 1.29 is 4.79 Å². The number of likely N-dealkylation sites (N-methyl/N-ethyl adjacent to an activating group) is 1. The molecule has 0 bridgehead atoms. The van der Waals surface area contributed by atoms with Gasteiger partial charge >= 0.3 is 0 Å². The lowest BCUT2D eigenvalue weighted by molar-refractivity contribution is -0.137. The molecular weight excluding hydrogens is 356 g/mol. The lowest BCUT2D eigenvalue weighted by Crippen LogP contribution is -2.42. The van der Waals surface area contributed by atoms with E-state index in [1.54, 1.807) is 0 Å². The van der Waals surface area contributed by atoms with Crippen molar-refractivity contribution in [3.63, 3.8) is 0 Å². The molecule has 1 fully saturated rings. The van der Waals surface area contributed by atoms with Gasteiger partial charge in [-0.1, -0.05) is 97.9 Å². The molecule has 1 amide bonds. The third-order valence-corrected chi connectivity index (χ3v) is 5.79. The fraction of sp³-hybridized carbons (Fsp3) is 0.269. The molecule has 1 aliphatic rings. The summed E-state index contributed by atoms with van der Waals surface area (Å²) in [5.41, 5.74) is 3.39. The molecule has 1 atom stereocenters. The first-order valence-electron chi connectivity index (χ1n) is 10.5. The molecule has 0 aromatic heterocycles. The van der Waals surface area contributed by atoms with Crippen molar-refractivity contribution in [1.29, 1.82) is 0 Å². The van der Waals surface area contributed by atoms with E-state index in [1.165, 1.54) is 0 Å². The van der Waals surface area contributed by atoms with Crippen molar-refractivity contribution in [3.05, 3.63) is 108 Å². The van der Waals surface area contributed by atoms with Crippen LogP contribution in [0, 0.1) is 0 Å². The zero-order valence-electron chi connectivity index (χ0n) is 16.9. The predicted molar refractivity (Wildman–Crippen MR) is 117 cm³/mol. The lowest BCUT2D eigenvalue weighted by Gasteiger charge is -2.35. The molecular formula is C26H28N2O. The van der Waals surface area contributed by atoms with Gasteiger partial charge in [-0.3, -0.25) is 9.69 Å². The molecule has 1 aliphatic heterocycles. The van der Waals surface area contributed by atoms with Crippen LogP contribution in [0.2, 0.25) is 0 Å². The molecule has 4 rings (SSSR count). The molecule has 3 heteroatoms. The van der Waals surface area contributed by atoms with Gasteiger partial charge in [0.25, 0.3) is 0 Å². The van der Waals surface area contributed by atoms with Gasteiger partial charge in [-0.05, 0) is 29.7 Å². The maximum atomic E-state index is 14.0. The molecule has 1 saturated heterocycles. The van der Waals surface area contributed by atoms with Gasteiger partial charge in [0.05, 0.1) is 6.04 Å². The van der Waals surface area contributed by atoms with E-state index < -0.39 is 0 Å². The van der Waals surface area contributed by atoms with Crippen LogP contribution in [0.1, 0.15) is 42.1 Å². The Kier molecular flexibility index (Phi) is 6.06. The van der Waals surface area contributed by atoms with E-state index in [0.717, 1.165) is 42.7 Å². The summed E-state index contributed by atoms with van der Waals surface area (Å²) in [5, 5.41) is 0. The van der Waals surface area contributed by atoms with Crippen LogP contribution in [-0.4, -0.2) is 35.3 Å². The van der Waals surface area contributed by atoms with Gasteiger partial charge < -0.3 is 4.90 Å². The van der Waals surface area contributed by atoms with Crippen LogP contribution in [0.5, 0.6) is 0 Å². The van der Waals surface area contributed by atoms with E-state index in [-0.39, 0.29) is 18.0 Å². The molecule has 0 N–H and O–H groups in total.